The first-order valence-corrected chi connectivity index (χ1v) is 7.97. The molecule has 4 aromatic rings. The lowest BCUT2D eigenvalue weighted by atomic mass is 10.2. The summed E-state index contributed by atoms with van der Waals surface area (Å²) in [6.07, 6.45) is 0.900. The van der Waals surface area contributed by atoms with Crippen LogP contribution in [0.2, 0.25) is 0 Å². The molecule has 2 aromatic heterocycles. The molecule has 0 atom stereocenters. The lowest BCUT2D eigenvalue weighted by Crippen LogP contribution is -2.29. The molecule has 0 spiro atoms. The molecule has 2 heterocycles. The molecule has 0 aliphatic carbocycles. The van der Waals surface area contributed by atoms with E-state index in [4.69, 9.17) is 4.98 Å². The first kappa shape index (κ1) is 14.4. The average molecular weight is 319 g/mol. The molecule has 0 aliphatic rings. The van der Waals surface area contributed by atoms with Crippen LogP contribution >= 0.6 is 0 Å². The van der Waals surface area contributed by atoms with E-state index >= 15 is 0 Å². The third-order valence-electron chi connectivity index (χ3n) is 3.89. The lowest BCUT2D eigenvalue weighted by Gasteiger charge is -2.06. The van der Waals surface area contributed by atoms with Crippen LogP contribution in [0.3, 0.4) is 0 Å². The van der Waals surface area contributed by atoms with Crippen molar-refractivity contribution in [3.8, 4) is 0 Å². The van der Waals surface area contributed by atoms with Crippen molar-refractivity contribution in [3.05, 3.63) is 42.5 Å². The van der Waals surface area contributed by atoms with Crippen molar-refractivity contribution in [2.24, 2.45) is 0 Å². The monoisotopic (exact) mass is 319 g/mol. The van der Waals surface area contributed by atoms with E-state index in [-0.39, 0.29) is 6.03 Å². The van der Waals surface area contributed by atoms with Gasteiger partial charge in [0.25, 0.3) is 0 Å². The van der Waals surface area contributed by atoms with Crippen LogP contribution in [0.25, 0.3) is 33.1 Å². The molecule has 0 saturated heterocycles. The predicted molar refractivity (Wildman–Crippen MR) is 96.2 cm³/mol. The van der Waals surface area contributed by atoms with Crippen LogP contribution in [-0.2, 0) is 0 Å². The van der Waals surface area contributed by atoms with Gasteiger partial charge in [-0.15, -0.1) is 0 Å². The average Bonchev–Trinajstić information content (AvgIpc) is 2.95. The van der Waals surface area contributed by atoms with Crippen molar-refractivity contribution in [2.75, 3.05) is 11.9 Å². The lowest BCUT2D eigenvalue weighted by molar-refractivity contribution is 0.252. The maximum Gasteiger partial charge on any atom is 0.319 e. The molecular weight excluding hydrogens is 302 g/mol. The van der Waals surface area contributed by atoms with Gasteiger partial charge in [-0.1, -0.05) is 19.1 Å². The number of carbonyl (C=O) groups excluding carboxylic acids is 1. The highest BCUT2D eigenvalue weighted by molar-refractivity contribution is 6.07. The van der Waals surface area contributed by atoms with Gasteiger partial charge in [-0.25, -0.2) is 14.8 Å². The normalized spacial score (nSPS) is 11.2. The molecule has 6 nitrogen and oxygen atoms in total. The van der Waals surface area contributed by atoms with Gasteiger partial charge in [0.2, 0.25) is 0 Å². The molecule has 2 aromatic carbocycles. The van der Waals surface area contributed by atoms with Crippen LogP contribution in [0.4, 0.5) is 10.5 Å². The summed E-state index contributed by atoms with van der Waals surface area (Å²) in [6.45, 7) is 2.67. The largest absolute Gasteiger partial charge is 0.338 e. The minimum Gasteiger partial charge on any atom is -0.338 e. The Morgan fingerprint density at radius 1 is 1.12 bits per heavy atom. The van der Waals surface area contributed by atoms with Gasteiger partial charge in [-0.3, -0.25) is 0 Å². The minimum absolute atomic E-state index is 0.201. The number of urea groups is 1. The van der Waals surface area contributed by atoms with Crippen LogP contribution < -0.4 is 10.6 Å². The summed E-state index contributed by atoms with van der Waals surface area (Å²) < 4.78 is 0. The maximum atomic E-state index is 11.8. The van der Waals surface area contributed by atoms with Crippen LogP contribution in [0.5, 0.6) is 0 Å². The smallest absolute Gasteiger partial charge is 0.319 e. The molecule has 24 heavy (non-hydrogen) atoms. The Kier molecular flexibility index (Phi) is 3.49. The number of nitrogens with zero attached hydrogens (tertiary/aromatic N) is 2. The zero-order valence-electron chi connectivity index (χ0n) is 13.3. The molecular formula is C18H17N5O. The van der Waals surface area contributed by atoms with Crippen molar-refractivity contribution in [2.45, 2.75) is 13.3 Å². The number of fused-ring (bicyclic) bond motifs is 4. The van der Waals surface area contributed by atoms with E-state index in [0.717, 1.165) is 45.2 Å². The first-order valence-electron chi connectivity index (χ1n) is 7.97. The van der Waals surface area contributed by atoms with Gasteiger partial charge >= 0.3 is 6.03 Å². The number of para-hydroxylation sites is 2. The third-order valence-corrected chi connectivity index (χ3v) is 3.89. The quantitative estimate of drug-likeness (QED) is 0.537. The van der Waals surface area contributed by atoms with Crippen molar-refractivity contribution in [1.82, 2.24) is 20.3 Å². The Balaban J connectivity index is 1.78. The highest BCUT2D eigenvalue weighted by Gasteiger charge is 2.10. The van der Waals surface area contributed by atoms with Gasteiger partial charge in [0.05, 0.1) is 11.0 Å². The fraction of sp³-hybridized carbons (Fsp3) is 0.167. The number of aromatic amines is 1. The Hall–Kier alpha value is -3.15. The highest BCUT2D eigenvalue weighted by atomic mass is 16.2. The van der Waals surface area contributed by atoms with Crippen molar-refractivity contribution >= 4 is 44.8 Å². The van der Waals surface area contributed by atoms with E-state index in [2.05, 4.69) is 20.6 Å². The van der Waals surface area contributed by atoms with E-state index < -0.39 is 0 Å². The first-order chi connectivity index (χ1) is 11.7. The number of rotatable bonds is 3. The molecule has 0 saturated carbocycles. The Labute approximate surface area is 138 Å². The molecule has 120 valence electrons. The van der Waals surface area contributed by atoms with E-state index in [1.54, 1.807) is 0 Å². The van der Waals surface area contributed by atoms with Crippen LogP contribution in [0, 0.1) is 0 Å². The summed E-state index contributed by atoms with van der Waals surface area (Å²) in [5.41, 5.74) is 4.93. The number of H-pyrrole nitrogens is 1. The molecule has 6 heteroatoms. The summed E-state index contributed by atoms with van der Waals surface area (Å²) in [7, 11) is 0. The number of nitrogens with one attached hydrogen (secondary N) is 3. The Morgan fingerprint density at radius 3 is 2.71 bits per heavy atom. The fourth-order valence-corrected chi connectivity index (χ4v) is 2.74. The van der Waals surface area contributed by atoms with Crippen molar-refractivity contribution in [3.63, 3.8) is 0 Å². The molecule has 0 fully saturated rings. The standard InChI is InChI=1S/C18H17N5O/c1-2-9-19-18(24)20-11-7-8-13-12(10-11)16-17(22-13)23-15-6-4-3-5-14(15)21-16/h3-8,10H,2,9H2,1H3,(H,22,23)(H2,19,20,24). The number of aromatic nitrogens is 3. The SMILES string of the molecule is CCCNC(=O)Nc1ccc2[nH]c3nc4ccccc4nc3c2c1. The number of carbonyl (C=O) groups is 1. The Morgan fingerprint density at radius 2 is 1.92 bits per heavy atom. The number of benzene rings is 2. The Bertz CT molecular complexity index is 1050. The minimum atomic E-state index is -0.201. The van der Waals surface area contributed by atoms with E-state index in [1.807, 2.05) is 49.4 Å². The van der Waals surface area contributed by atoms with Gasteiger partial charge in [0.1, 0.15) is 5.52 Å². The summed E-state index contributed by atoms with van der Waals surface area (Å²) in [5, 5.41) is 6.59. The van der Waals surface area contributed by atoms with E-state index in [9.17, 15) is 4.79 Å². The second-order valence-corrected chi connectivity index (χ2v) is 5.68. The maximum absolute atomic E-state index is 11.8. The van der Waals surface area contributed by atoms with Crippen molar-refractivity contribution < 1.29 is 4.79 Å². The molecule has 2 amide bonds. The second-order valence-electron chi connectivity index (χ2n) is 5.68. The molecule has 4 rings (SSSR count). The number of hydrogen-bond acceptors (Lipinski definition) is 3. The number of anilines is 1. The van der Waals surface area contributed by atoms with Gasteiger partial charge in [-0.05, 0) is 36.8 Å². The highest BCUT2D eigenvalue weighted by Crippen LogP contribution is 2.27. The molecule has 0 aliphatic heterocycles. The van der Waals surface area contributed by atoms with Gasteiger partial charge in [-0.2, -0.15) is 0 Å². The van der Waals surface area contributed by atoms with E-state index in [0.29, 0.717) is 6.54 Å². The van der Waals surface area contributed by atoms with Crippen LogP contribution in [-0.4, -0.2) is 27.5 Å². The zero-order chi connectivity index (χ0) is 16.5. The fourth-order valence-electron chi connectivity index (χ4n) is 2.74. The van der Waals surface area contributed by atoms with Crippen LogP contribution in [0.15, 0.2) is 42.5 Å². The molecule has 0 unspecified atom stereocenters. The summed E-state index contributed by atoms with van der Waals surface area (Å²) in [4.78, 5) is 24.5. The molecule has 3 N–H and O–H groups in total. The number of amides is 2. The zero-order valence-corrected chi connectivity index (χ0v) is 13.3. The van der Waals surface area contributed by atoms with Gasteiger partial charge in [0, 0.05) is 23.1 Å². The van der Waals surface area contributed by atoms with Crippen molar-refractivity contribution in [1.29, 1.82) is 0 Å². The topological polar surface area (TPSA) is 82.7 Å². The third kappa shape index (κ3) is 2.52. The van der Waals surface area contributed by atoms with E-state index in [1.165, 1.54) is 0 Å². The molecule has 0 radical (unpaired) electrons. The second kappa shape index (κ2) is 5.81. The summed E-state index contributed by atoms with van der Waals surface area (Å²) >= 11 is 0. The van der Waals surface area contributed by atoms with Crippen LogP contribution in [0.1, 0.15) is 13.3 Å². The van der Waals surface area contributed by atoms with Gasteiger partial charge < -0.3 is 15.6 Å². The molecule has 0 bridgehead atoms. The van der Waals surface area contributed by atoms with Gasteiger partial charge in [0.15, 0.2) is 5.65 Å². The summed E-state index contributed by atoms with van der Waals surface area (Å²) in [5.74, 6) is 0. The number of hydrogen-bond donors (Lipinski definition) is 3. The predicted octanol–water partition coefficient (Wildman–Crippen LogP) is 3.80. The summed E-state index contributed by atoms with van der Waals surface area (Å²) in [6, 6.07) is 13.3.